The van der Waals surface area contributed by atoms with Crippen molar-refractivity contribution >= 4 is 11.8 Å². The van der Waals surface area contributed by atoms with Crippen LogP contribution < -0.4 is 0 Å². The summed E-state index contributed by atoms with van der Waals surface area (Å²) in [5, 5.41) is 9.36. The third kappa shape index (κ3) is 4.30. The number of hydrogen-bond acceptors (Lipinski definition) is 3. The van der Waals surface area contributed by atoms with Crippen molar-refractivity contribution in [2.75, 3.05) is 5.75 Å². The third-order valence-electron chi connectivity index (χ3n) is 3.49. The van der Waals surface area contributed by atoms with Crippen LogP contribution in [0.4, 0.5) is 13.2 Å². The van der Waals surface area contributed by atoms with Crippen LogP contribution in [0.1, 0.15) is 36.5 Å². The summed E-state index contributed by atoms with van der Waals surface area (Å²) in [4.78, 5) is 4.33. The molecule has 126 valence electrons. The van der Waals surface area contributed by atoms with Crippen molar-refractivity contribution in [3.8, 4) is 17.3 Å². The Morgan fingerprint density at radius 2 is 1.88 bits per heavy atom. The molecule has 0 spiro atoms. The minimum absolute atomic E-state index is 0.149. The zero-order chi connectivity index (χ0) is 17.7. The van der Waals surface area contributed by atoms with Crippen LogP contribution in [0.2, 0.25) is 0 Å². The molecule has 24 heavy (non-hydrogen) atoms. The lowest BCUT2D eigenvalue weighted by atomic mass is 10.0. The first-order valence-corrected chi connectivity index (χ1v) is 8.57. The number of unbranched alkanes of at least 4 members (excludes halogenated alkanes) is 1. The van der Waals surface area contributed by atoms with Gasteiger partial charge in [-0.1, -0.05) is 43.2 Å². The average Bonchev–Trinajstić information content (AvgIpc) is 2.54. The van der Waals surface area contributed by atoms with E-state index in [2.05, 4.69) is 4.98 Å². The summed E-state index contributed by atoms with van der Waals surface area (Å²) in [6.45, 7) is 3.91. The van der Waals surface area contributed by atoms with Crippen molar-refractivity contribution in [2.45, 2.75) is 37.9 Å². The van der Waals surface area contributed by atoms with E-state index < -0.39 is 11.7 Å². The number of aryl methyl sites for hydroxylation is 1. The first kappa shape index (κ1) is 18.3. The van der Waals surface area contributed by atoms with E-state index >= 15 is 0 Å². The fraction of sp³-hybridized carbons (Fsp3) is 0.333. The molecule has 1 aromatic heterocycles. The van der Waals surface area contributed by atoms with Crippen LogP contribution >= 0.6 is 11.8 Å². The summed E-state index contributed by atoms with van der Waals surface area (Å²) < 4.78 is 40.1. The molecule has 2 rings (SSSR count). The number of rotatable bonds is 5. The van der Waals surface area contributed by atoms with E-state index in [4.69, 9.17) is 0 Å². The molecule has 0 fully saturated rings. The summed E-state index contributed by atoms with van der Waals surface area (Å²) in [5.74, 6) is 0.632. The van der Waals surface area contributed by atoms with E-state index in [1.54, 1.807) is 18.2 Å². The molecule has 0 bridgehead atoms. The van der Waals surface area contributed by atoms with Gasteiger partial charge in [0.05, 0.1) is 16.8 Å². The lowest BCUT2D eigenvalue weighted by molar-refractivity contribution is -0.138. The van der Waals surface area contributed by atoms with Crippen LogP contribution in [0, 0.1) is 18.3 Å². The van der Waals surface area contributed by atoms with Crippen LogP contribution in [0.5, 0.6) is 0 Å². The van der Waals surface area contributed by atoms with Crippen LogP contribution in [0.3, 0.4) is 0 Å². The van der Waals surface area contributed by atoms with Crippen LogP contribution in [0.25, 0.3) is 11.3 Å². The molecule has 2 aromatic rings. The Morgan fingerprint density at radius 3 is 2.42 bits per heavy atom. The zero-order valence-corrected chi connectivity index (χ0v) is 14.3. The van der Waals surface area contributed by atoms with Gasteiger partial charge in [0.25, 0.3) is 0 Å². The van der Waals surface area contributed by atoms with E-state index in [-0.39, 0.29) is 16.3 Å². The number of hydrogen-bond donors (Lipinski definition) is 0. The molecule has 0 N–H and O–H groups in total. The number of nitriles is 1. The van der Waals surface area contributed by atoms with Crippen LogP contribution in [-0.4, -0.2) is 10.7 Å². The molecular weight excluding hydrogens is 333 g/mol. The predicted octanol–water partition coefficient (Wildman–Crippen LogP) is 5.84. The van der Waals surface area contributed by atoms with Gasteiger partial charge in [0.15, 0.2) is 0 Å². The number of halogens is 3. The van der Waals surface area contributed by atoms with Crippen LogP contribution in [-0.2, 0) is 6.18 Å². The van der Waals surface area contributed by atoms with Gasteiger partial charge in [-0.3, -0.25) is 0 Å². The Balaban J connectivity index is 2.58. The van der Waals surface area contributed by atoms with Gasteiger partial charge in [0, 0.05) is 5.56 Å². The fourth-order valence-corrected chi connectivity index (χ4v) is 3.23. The maximum absolute atomic E-state index is 13.4. The van der Waals surface area contributed by atoms with E-state index in [9.17, 15) is 18.4 Å². The first-order chi connectivity index (χ1) is 11.4. The molecule has 0 saturated carbocycles. The molecular formula is C18H17F3N2S. The maximum atomic E-state index is 13.4. The number of pyridine rings is 1. The number of thioether (sulfide) groups is 1. The van der Waals surface area contributed by atoms with Gasteiger partial charge in [0.2, 0.25) is 0 Å². The molecule has 0 saturated heterocycles. The number of aromatic nitrogens is 1. The third-order valence-corrected chi connectivity index (χ3v) is 4.55. The highest BCUT2D eigenvalue weighted by Gasteiger charge is 2.36. The zero-order valence-electron chi connectivity index (χ0n) is 13.4. The molecule has 0 unspecified atom stereocenters. The molecule has 0 amide bonds. The highest BCUT2D eigenvalue weighted by Crippen LogP contribution is 2.38. The Labute approximate surface area is 143 Å². The van der Waals surface area contributed by atoms with Gasteiger partial charge in [-0.25, -0.2) is 4.98 Å². The Kier molecular flexibility index (Phi) is 5.89. The van der Waals surface area contributed by atoms with Gasteiger partial charge in [-0.2, -0.15) is 18.4 Å². The van der Waals surface area contributed by atoms with E-state index in [1.165, 1.54) is 11.8 Å². The Morgan fingerprint density at radius 1 is 1.21 bits per heavy atom. The summed E-state index contributed by atoms with van der Waals surface area (Å²) in [6.07, 6.45) is -2.81. The van der Waals surface area contributed by atoms with Crippen molar-refractivity contribution in [3.63, 3.8) is 0 Å². The number of alkyl halides is 3. The van der Waals surface area contributed by atoms with Crippen molar-refractivity contribution in [3.05, 3.63) is 47.0 Å². The van der Waals surface area contributed by atoms with Gasteiger partial charge < -0.3 is 0 Å². The van der Waals surface area contributed by atoms with E-state index in [0.717, 1.165) is 24.5 Å². The van der Waals surface area contributed by atoms with Crippen molar-refractivity contribution in [1.82, 2.24) is 4.98 Å². The number of benzene rings is 1. The van der Waals surface area contributed by atoms with Crippen molar-refractivity contribution in [2.24, 2.45) is 0 Å². The smallest absolute Gasteiger partial charge is 0.240 e. The van der Waals surface area contributed by atoms with Gasteiger partial charge in [0.1, 0.15) is 11.1 Å². The van der Waals surface area contributed by atoms with Crippen molar-refractivity contribution in [1.29, 1.82) is 5.26 Å². The molecule has 0 atom stereocenters. The normalized spacial score (nSPS) is 11.3. The van der Waals surface area contributed by atoms with Gasteiger partial charge in [-0.05, 0) is 25.2 Å². The Hall–Kier alpha value is -2.00. The minimum atomic E-state index is -4.59. The minimum Gasteiger partial charge on any atom is -0.240 e. The Bertz CT molecular complexity index is 747. The van der Waals surface area contributed by atoms with E-state index in [0.29, 0.717) is 11.3 Å². The number of nitrogens with zero attached hydrogens (tertiary/aromatic N) is 2. The molecule has 0 aliphatic heterocycles. The second kappa shape index (κ2) is 7.71. The average molecular weight is 350 g/mol. The summed E-state index contributed by atoms with van der Waals surface area (Å²) in [7, 11) is 0. The maximum Gasteiger partial charge on any atom is 0.417 e. The topological polar surface area (TPSA) is 36.7 Å². The lowest BCUT2D eigenvalue weighted by Gasteiger charge is -2.14. The lowest BCUT2D eigenvalue weighted by Crippen LogP contribution is -2.10. The molecule has 0 radical (unpaired) electrons. The van der Waals surface area contributed by atoms with Gasteiger partial charge in [-0.15, -0.1) is 11.8 Å². The highest BCUT2D eigenvalue weighted by atomic mass is 32.2. The summed E-state index contributed by atoms with van der Waals surface area (Å²) in [6, 6.07) is 9.78. The quantitative estimate of drug-likeness (QED) is 0.502. The summed E-state index contributed by atoms with van der Waals surface area (Å²) in [5.41, 5.74) is 0.545. The van der Waals surface area contributed by atoms with E-state index in [1.807, 2.05) is 26.0 Å². The summed E-state index contributed by atoms with van der Waals surface area (Å²) >= 11 is 1.20. The highest BCUT2D eigenvalue weighted by molar-refractivity contribution is 7.99. The standard InChI is InChI=1S/C18H17F3N2S/c1-3-4-9-24-17-14(11-22)15(18(19,20)21)10-16(23-17)13-7-5-12(2)6-8-13/h5-8,10H,3-4,9H2,1-2H3. The molecule has 0 aliphatic carbocycles. The second-order valence-electron chi connectivity index (χ2n) is 5.41. The molecule has 1 heterocycles. The first-order valence-electron chi connectivity index (χ1n) is 7.59. The molecule has 6 heteroatoms. The fourth-order valence-electron chi connectivity index (χ4n) is 2.14. The molecule has 2 nitrogen and oxygen atoms in total. The van der Waals surface area contributed by atoms with Crippen LogP contribution in [0.15, 0.2) is 35.4 Å². The monoisotopic (exact) mass is 350 g/mol. The second-order valence-corrected chi connectivity index (χ2v) is 6.50. The predicted molar refractivity (Wildman–Crippen MR) is 89.8 cm³/mol. The molecule has 1 aromatic carbocycles. The van der Waals surface area contributed by atoms with Crippen molar-refractivity contribution < 1.29 is 13.2 Å². The van der Waals surface area contributed by atoms with Gasteiger partial charge >= 0.3 is 6.18 Å². The largest absolute Gasteiger partial charge is 0.417 e. The SMILES string of the molecule is CCCCSc1nc(-c2ccc(C)cc2)cc(C(F)(F)F)c1C#N. The molecule has 0 aliphatic rings.